The van der Waals surface area contributed by atoms with Crippen LogP contribution in [0.3, 0.4) is 0 Å². The van der Waals surface area contributed by atoms with Crippen molar-refractivity contribution >= 4 is 28.5 Å². The maximum atomic E-state index is 13.3. The molecule has 0 amide bonds. The van der Waals surface area contributed by atoms with Gasteiger partial charge in [-0.25, -0.2) is 4.79 Å². The highest BCUT2D eigenvalue weighted by atomic mass is 35.5. The van der Waals surface area contributed by atoms with E-state index in [-0.39, 0.29) is 59.3 Å². The highest BCUT2D eigenvalue weighted by molar-refractivity contribution is 6.34. The predicted molar refractivity (Wildman–Crippen MR) is 125 cm³/mol. The molecule has 6 nitrogen and oxygen atoms in total. The van der Waals surface area contributed by atoms with Gasteiger partial charge in [-0.2, -0.15) is 13.2 Å². The van der Waals surface area contributed by atoms with Gasteiger partial charge in [0.1, 0.15) is 23.7 Å². The Morgan fingerprint density at radius 2 is 1.80 bits per heavy atom. The molecule has 0 radical (unpaired) electrons. The molecular formula is C25H24ClF3O6. The largest absolute Gasteiger partial charge is 0.493 e. The third-order valence-electron chi connectivity index (χ3n) is 4.61. The summed E-state index contributed by atoms with van der Waals surface area (Å²) in [5.74, 6) is -0.634. The molecule has 0 unspecified atom stereocenters. The van der Waals surface area contributed by atoms with Gasteiger partial charge in [-0.3, -0.25) is 4.79 Å². The third-order valence-corrected chi connectivity index (χ3v) is 4.91. The lowest BCUT2D eigenvalue weighted by molar-refractivity contribution is -0.160. The number of rotatable bonds is 8. The van der Waals surface area contributed by atoms with Gasteiger partial charge in [0.15, 0.2) is 11.0 Å². The fourth-order valence-corrected chi connectivity index (χ4v) is 3.38. The van der Waals surface area contributed by atoms with Gasteiger partial charge in [0.25, 0.3) is 0 Å². The summed E-state index contributed by atoms with van der Waals surface area (Å²) in [4.78, 5) is 24.2. The van der Waals surface area contributed by atoms with Crippen molar-refractivity contribution in [2.45, 2.75) is 39.0 Å². The number of fused-ring (bicyclic) bond motifs is 1. The normalized spacial score (nSPS) is 12.1. The summed E-state index contributed by atoms with van der Waals surface area (Å²) in [5, 5.41) is 0.440. The summed E-state index contributed by atoms with van der Waals surface area (Å²) < 4.78 is 61.6. The number of ether oxygens (including phenoxy) is 3. The summed E-state index contributed by atoms with van der Waals surface area (Å²) in [6.45, 7) is 5.05. The first-order chi connectivity index (χ1) is 16.3. The van der Waals surface area contributed by atoms with Crippen LogP contribution in [0.5, 0.6) is 5.75 Å². The molecule has 0 aliphatic heterocycles. The van der Waals surface area contributed by atoms with Crippen LogP contribution in [0.15, 0.2) is 51.7 Å². The first kappa shape index (κ1) is 26.6. The van der Waals surface area contributed by atoms with Crippen molar-refractivity contribution in [1.82, 2.24) is 0 Å². The summed E-state index contributed by atoms with van der Waals surface area (Å²) in [5.41, 5.74) is -1.67. The summed E-state index contributed by atoms with van der Waals surface area (Å²) in [6.07, 6.45) is -4.31. The first-order valence-electron chi connectivity index (χ1n) is 10.7. The Morgan fingerprint density at radius 3 is 2.49 bits per heavy atom. The van der Waals surface area contributed by atoms with Crippen molar-refractivity contribution in [3.8, 4) is 17.1 Å². The summed E-state index contributed by atoms with van der Waals surface area (Å²) in [6, 6.07) is 8.75. The number of alkyl halides is 3. The predicted octanol–water partition coefficient (Wildman–Crippen LogP) is 6.26. The van der Waals surface area contributed by atoms with Crippen LogP contribution in [-0.2, 0) is 20.4 Å². The van der Waals surface area contributed by atoms with Gasteiger partial charge >= 0.3 is 12.1 Å². The van der Waals surface area contributed by atoms with Crippen LogP contribution in [0.1, 0.15) is 32.8 Å². The molecule has 0 saturated carbocycles. The molecule has 0 spiro atoms. The van der Waals surface area contributed by atoms with Crippen molar-refractivity contribution in [2.24, 2.45) is 0 Å². The Hall–Kier alpha value is -3.04. The van der Waals surface area contributed by atoms with E-state index in [1.54, 1.807) is 26.8 Å². The minimum atomic E-state index is -4.60. The highest BCUT2D eigenvalue weighted by Crippen LogP contribution is 2.38. The molecule has 0 atom stereocenters. The van der Waals surface area contributed by atoms with Gasteiger partial charge in [0.2, 0.25) is 0 Å². The fraction of sp³-hybridized carbons (Fsp3) is 0.360. The zero-order valence-electron chi connectivity index (χ0n) is 19.3. The van der Waals surface area contributed by atoms with Gasteiger partial charge in [-0.05, 0) is 51.1 Å². The SMILES string of the molecule is CC(C)(C)OC(=O)COCCCOc1cc(C(F)(F)F)ccc1-c1cc(=O)c2cccc(Cl)c2o1. The average Bonchev–Trinajstić information content (AvgIpc) is 2.75. The Kier molecular flexibility index (Phi) is 8.12. The van der Waals surface area contributed by atoms with Crippen molar-refractivity contribution in [1.29, 1.82) is 0 Å². The molecule has 0 aliphatic rings. The molecule has 2 aromatic carbocycles. The zero-order valence-corrected chi connectivity index (χ0v) is 20.1. The van der Waals surface area contributed by atoms with Gasteiger partial charge in [0.05, 0.1) is 34.7 Å². The van der Waals surface area contributed by atoms with Crippen LogP contribution in [0.4, 0.5) is 13.2 Å². The third kappa shape index (κ3) is 7.22. The Bertz CT molecular complexity index is 1260. The Morgan fingerprint density at radius 1 is 1.06 bits per heavy atom. The molecule has 1 aromatic heterocycles. The van der Waals surface area contributed by atoms with Crippen LogP contribution < -0.4 is 10.2 Å². The van der Waals surface area contributed by atoms with Gasteiger partial charge in [-0.15, -0.1) is 0 Å². The highest BCUT2D eigenvalue weighted by Gasteiger charge is 2.31. The van der Waals surface area contributed by atoms with Crippen LogP contribution in [-0.4, -0.2) is 31.4 Å². The second-order valence-corrected chi connectivity index (χ2v) is 9.05. The second-order valence-electron chi connectivity index (χ2n) is 8.64. The topological polar surface area (TPSA) is 75.0 Å². The molecule has 35 heavy (non-hydrogen) atoms. The van der Waals surface area contributed by atoms with E-state index in [0.29, 0.717) is 0 Å². The zero-order chi connectivity index (χ0) is 25.8. The van der Waals surface area contributed by atoms with Crippen LogP contribution >= 0.6 is 11.6 Å². The van der Waals surface area contributed by atoms with Crippen LogP contribution in [0.2, 0.25) is 5.02 Å². The van der Waals surface area contributed by atoms with Crippen molar-refractivity contribution < 1.29 is 36.6 Å². The van der Waals surface area contributed by atoms with Gasteiger partial charge in [0, 0.05) is 12.5 Å². The quantitative estimate of drug-likeness (QED) is 0.262. The summed E-state index contributed by atoms with van der Waals surface area (Å²) in [7, 11) is 0. The fourth-order valence-electron chi connectivity index (χ4n) is 3.17. The van der Waals surface area contributed by atoms with E-state index in [4.69, 9.17) is 30.2 Å². The van der Waals surface area contributed by atoms with Crippen molar-refractivity contribution in [3.63, 3.8) is 0 Å². The number of carbonyl (C=O) groups is 1. The minimum absolute atomic E-state index is 0.0127. The number of hydrogen-bond acceptors (Lipinski definition) is 6. The average molecular weight is 513 g/mol. The molecule has 10 heteroatoms. The first-order valence-corrected chi connectivity index (χ1v) is 11.1. The maximum absolute atomic E-state index is 13.3. The van der Waals surface area contributed by atoms with E-state index in [0.717, 1.165) is 12.1 Å². The molecule has 0 fully saturated rings. The Labute approximate surface area is 204 Å². The molecule has 0 aliphatic carbocycles. The number of esters is 1. The molecule has 0 saturated heterocycles. The summed E-state index contributed by atoms with van der Waals surface area (Å²) >= 11 is 6.14. The molecule has 3 aromatic rings. The number of halogens is 4. The van der Waals surface area contributed by atoms with E-state index in [2.05, 4.69) is 0 Å². The number of benzene rings is 2. The number of carbonyl (C=O) groups excluding carboxylic acids is 1. The lowest BCUT2D eigenvalue weighted by Gasteiger charge is -2.19. The van der Waals surface area contributed by atoms with E-state index >= 15 is 0 Å². The smallest absolute Gasteiger partial charge is 0.416 e. The number of para-hydroxylation sites is 1. The lowest BCUT2D eigenvalue weighted by atomic mass is 10.1. The molecule has 1 heterocycles. The number of hydrogen-bond donors (Lipinski definition) is 0. The minimum Gasteiger partial charge on any atom is -0.493 e. The van der Waals surface area contributed by atoms with Gasteiger partial charge < -0.3 is 18.6 Å². The van der Waals surface area contributed by atoms with E-state index in [1.807, 2.05) is 0 Å². The maximum Gasteiger partial charge on any atom is 0.416 e. The molecule has 0 N–H and O–H groups in total. The second kappa shape index (κ2) is 10.7. The molecule has 0 bridgehead atoms. The van der Waals surface area contributed by atoms with E-state index in [1.165, 1.54) is 24.3 Å². The van der Waals surface area contributed by atoms with E-state index < -0.39 is 28.7 Å². The standard InChI is InChI=1S/C25H24ClF3O6/c1-24(2,3)35-22(31)14-32-10-5-11-33-20-12-15(25(27,28)29)8-9-17(20)21-13-19(30)16-6-4-7-18(26)23(16)34-21/h4,6-9,12-13H,5,10-11,14H2,1-3H3. The van der Waals surface area contributed by atoms with Crippen molar-refractivity contribution in [2.75, 3.05) is 19.8 Å². The van der Waals surface area contributed by atoms with E-state index in [9.17, 15) is 22.8 Å². The molecular weight excluding hydrogens is 489 g/mol. The monoisotopic (exact) mass is 512 g/mol. The van der Waals surface area contributed by atoms with Crippen LogP contribution in [0.25, 0.3) is 22.3 Å². The molecule has 3 rings (SSSR count). The van der Waals surface area contributed by atoms with Crippen molar-refractivity contribution in [3.05, 3.63) is 63.3 Å². The van der Waals surface area contributed by atoms with Crippen LogP contribution in [0, 0.1) is 0 Å². The lowest BCUT2D eigenvalue weighted by Crippen LogP contribution is -2.26. The Balaban J connectivity index is 1.77. The van der Waals surface area contributed by atoms with Gasteiger partial charge in [-0.1, -0.05) is 17.7 Å². The molecule has 188 valence electrons.